The topological polar surface area (TPSA) is 92.8 Å². The Kier molecular flexibility index (Phi) is 6.67. The zero-order chi connectivity index (χ0) is 21.0. The first-order chi connectivity index (χ1) is 13.9. The number of hydrogen-bond acceptors (Lipinski definition) is 5. The molecule has 1 saturated carbocycles. The van der Waals surface area contributed by atoms with Crippen molar-refractivity contribution >= 4 is 23.7 Å². The number of amides is 3. The number of esters is 1. The number of benzene rings is 1. The molecule has 3 atom stereocenters. The van der Waals surface area contributed by atoms with Crippen LogP contribution in [0.3, 0.4) is 0 Å². The molecule has 29 heavy (non-hydrogen) atoms. The Morgan fingerprint density at radius 2 is 1.69 bits per heavy atom. The number of ether oxygens (including phenoxy) is 1. The van der Waals surface area contributed by atoms with Gasteiger partial charge in [-0.1, -0.05) is 42.7 Å². The molecule has 0 bridgehead atoms. The maximum Gasteiger partial charge on any atom is 0.308 e. The summed E-state index contributed by atoms with van der Waals surface area (Å²) in [4.78, 5) is 50.3. The number of hydrogen-bond donors (Lipinski definition) is 1. The zero-order valence-corrected chi connectivity index (χ0v) is 17.0. The van der Waals surface area contributed by atoms with Gasteiger partial charge >= 0.3 is 5.97 Å². The number of carbonyl (C=O) groups is 4. The monoisotopic (exact) mass is 400 g/mol. The molecule has 3 rings (SSSR count). The van der Waals surface area contributed by atoms with Crippen molar-refractivity contribution in [3.63, 3.8) is 0 Å². The van der Waals surface area contributed by atoms with Gasteiger partial charge in [-0.15, -0.1) is 0 Å². The van der Waals surface area contributed by atoms with Crippen molar-refractivity contribution in [2.75, 3.05) is 6.54 Å². The van der Waals surface area contributed by atoms with E-state index in [1.807, 2.05) is 31.2 Å². The summed E-state index contributed by atoms with van der Waals surface area (Å²) in [5.41, 5.74) is 2.09. The minimum absolute atomic E-state index is 0.0151. The van der Waals surface area contributed by atoms with Crippen LogP contribution in [0, 0.1) is 18.8 Å². The first-order valence-corrected chi connectivity index (χ1v) is 10.2. The summed E-state index contributed by atoms with van der Waals surface area (Å²) < 4.78 is 5.17. The number of aryl methyl sites for hydroxylation is 1. The molecule has 1 aromatic rings. The Labute approximate surface area is 170 Å². The molecule has 1 heterocycles. The average Bonchev–Trinajstić information content (AvgIpc) is 2.96. The smallest absolute Gasteiger partial charge is 0.308 e. The van der Waals surface area contributed by atoms with E-state index < -0.39 is 18.0 Å². The molecule has 1 aromatic carbocycles. The summed E-state index contributed by atoms with van der Waals surface area (Å²) in [5, 5.41) is 2.73. The maximum atomic E-state index is 12.4. The Balaban J connectivity index is 1.42. The standard InChI is InChI=1S/C22H28N2O5/c1-14-7-9-16(10-8-14)13-23-20(26)15(2)29-19(25)11-12-24-21(27)17-5-3-4-6-18(17)22(24)28/h7-10,15,17-18H,3-6,11-13H2,1-2H3,(H,23,26)/t15-,17-,18+/m1/s1. The second-order valence-electron chi connectivity index (χ2n) is 7.91. The summed E-state index contributed by atoms with van der Waals surface area (Å²) in [6.45, 7) is 3.85. The lowest BCUT2D eigenvalue weighted by molar-refractivity contribution is -0.155. The molecule has 3 amide bonds. The van der Waals surface area contributed by atoms with Crippen LogP contribution in [-0.4, -0.2) is 41.2 Å². The highest BCUT2D eigenvalue weighted by molar-refractivity contribution is 6.05. The van der Waals surface area contributed by atoms with E-state index in [1.54, 1.807) is 0 Å². The van der Waals surface area contributed by atoms with Gasteiger partial charge in [-0.05, 0) is 32.3 Å². The van der Waals surface area contributed by atoms with Gasteiger partial charge in [0.1, 0.15) is 0 Å². The van der Waals surface area contributed by atoms with E-state index in [2.05, 4.69) is 5.32 Å². The first kappa shape index (κ1) is 21.0. The summed E-state index contributed by atoms with van der Waals surface area (Å²) in [6.07, 6.45) is 2.37. The number of carbonyl (C=O) groups excluding carboxylic acids is 4. The molecule has 1 aliphatic carbocycles. The lowest BCUT2D eigenvalue weighted by Crippen LogP contribution is -2.37. The van der Waals surface area contributed by atoms with Crippen LogP contribution in [0.1, 0.15) is 50.2 Å². The summed E-state index contributed by atoms with van der Waals surface area (Å²) in [5.74, 6) is -1.78. The lowest BCUT2D eigenvalue weighted by Gasteiger charge is -2.19. The van der Waals surface area contributed by atoms with Gasteiger partial charge in [0.25, 0.3) is 5.91 Å². The van der Waals surface area contributed by atoms with Crippen LogP contribution in [0.2, 0.25) is 0 Å². The normalized spacial score (nSPS) is 22.2. The molecular weight excluding hydrogens is 372 g/mol. The van der Waals surface area contributed by atoms with Crippen molar-refractivity contribution in [1.29, 1.82) is 0 Å². The molecule has 1 saturated heterocycles. The fourth-order valence-corrected chi connectivity index (χ4v) is 4.00. The van der Waals surface area contributed by atoms with E-state index in [9.17, 15) is 19.2 Å². The van der Waals surface area contributed by atoms with Crippen LogP contribution in [-0.2, 0) is 30.5 Å². The van der Waals surface area contributed by atoms with Crippen molar-refractivity contribution in [1.82, 2.24) is 10.2 Å². The fraction of sp³-hybridized carbons (Fsp3) is 0.545. The molecule has 156 valence electrons. The minimum atomic E-state index is -0.944. The quantitative estimate of drug-likeness (QED) is 0.559. The SMILES string of the molecule is Cc1ccc(CNC(=O)[C@@H](C)OC(=O)CCN2C(=O)[C@H]3CCCC[C@H]3C2=O)cc1. The second-order valence-corrected chi connectivity index (χ2v) is 7.91. The molecule has 1 N–H and O–H groups in total. The molecule has 0 spiro atoms. The van der Waals surface area contributed by atoms with Crippen LogP contribution in [0.4, 0.5) is 0 Å². The molecule has 7 nitrogen and oxygen atoms in total. The van der Waals surface area contributed by atoms with Crippen LogP contribution in [0.15, 0.2) is 24.3 Å². The number of likely N-dealkylation sites (tertiary alicyclic amines) is 1. The first-order valence-electron chi connectivity index (χ1n) is 10.2. The van der Waals surface area contributed by atoms with E-state index in [1.165, 1.54) is 11.8 Å². The van der Waals surface area contributed by atoms with Gasteiger partial charge in [0.2, 0.25) is 11.8 Å². The summed E-state index contributed by atoms with van der Waals surface area (Å²) >= 11 is 0. The van der Waals surface area contributed by atoms with Crippen molar-refractivity contribution in [2.45, 2.75) is 58.6 Å². The van der Waals surface area contributed by atoms with Crippen molar-refractivity contribution in [3.8, 4) is 0 Å². The van der Waals surface area contributed by atoms with Crippen LogP contribution in [0.25, 0.3) is 0 Å². The summed E-state index contributed by atoms with van der Waals surface area (Å²) in [6, 6.07) is 7.77. The average molecular weight is 400 g/mol. The van der Waals surface area contributed by atoms with Crippen molar-refractivity contribution in [2.24, 2.45) is 11.8 Å². The van der Waals surface area contributed by atoms with Crippen LogP contribution < -0.4 is 5.32 Å². The van der Waals surface area contributed by atoms with Gasteiger partial charge < -0.3 is 10.1 Å². The number of nitrogens with zero attached hydrogens (tertiary/aromatic N) is 1. The highest BCUT2D eigenvalue weighted by Gasteiger charge is 2.47. The van der Waals surface area contributed by atoms with E-state index in [0.717, 1.165) is 36.8 Å². The van der Waals surface area contributed by atoms with E-state index in [-0.39, 0.29) is 36.6 Å². The lowest BCUT2D eigenvalue weighted by atomic mass is 9.81. The molecular formula is C22H28N2O5. The van der Waals surface area contributed by atoms with Gasteiger partial charge in [0.15, 0.2) is 6.10 Å². The van der Waals surface area contributed by atoms with Crippen molar-refractivity contribution < 1.29 is 23.9 Å². The molecule has 2 aliphatic rings. The second kappa shape index (κ2) is 9.20. The third-order valence-corrected chi connectivity index (χ3v) is 5.74. The Hall–Kier alpha value is -2.70. The number of imide groups is 1. The van der Waals surface area contributed by atoms with Crippen LogP contribution in [0.5, 0.6) is 0 Å². The van der Waals surface area contributed by atoms with E-state index >= 15 is 0 Å². The third-order valence-electron chi connectivity index (χ3n) is 5.74. The number of rotatable bonds is 7. The van der Waals surface area contributed by atoms with Gasteiger partial charge in [-0.3, -0.25) is 24.1 Å². The van der Waals surface area contributed by atoms with Crippen LogP contribution >= 0.6 is 0 Å². The Morgan fingerprint density at radius 3 is 2.28 bits per heavy atom. The van der Waals surface area contributed by atoms with E-state index in [0.29, 0.717) is 6.54 Å². The minimum Gasteiger partial charge on any atom is -0.452 e. The Bertz CT molecular complexity index is 765. The van der Waals surface area contributed by atoms with E-state index in [4.69, 9.17) is 4.74 Å². The maximum absolute atomic E-state index is 12.4. The molecule has 2 fully saturated rings. The predicted molar refractivity (Wildman–Crippen MR) is 105 cm³/mol. The number of fused-ring (bicyclic) bond motifs is 1. The molecule has 0 radical (unpaired) electrons. The highest BCUT2D eigenvalue weighted by atomic mass is 16.5. The van der Waals surface area contributed by atoms with Gasteiger partial charge in [-0.2, -0.15) is 0 Å². The fourth-order valence-electron chi connectivity index (χ4n) is 4.00. The molecule has 7 heteroatoms. The van der Waals surface area contributed by atoms with Gasteiger partial charge in [-0.25, -0.2) is 0 Å². The Morgan fingerprint density at radius 1 is 1.10 bits per heavy atom. The molecule has 0 aromatic heterocycles. The van der Waals surface area contributed by atoms with Crippen molar-refractivity contribution in [3.05, 3.63) is 35.4 Å². The third kappa shape index (κ3) is 5.02. The molecule has 0 unspecified atom stereocenters. The largest absolute Gasteiger partial charge is 0.452 e. The predicted octanol–water partition coefficient (Wildman–Crippen LogP) is 2.11. The highest BCUT2D eigenvalue weighted by Crippen LogP contribution is 2.37. The zero-order valence-electron chi connectivity index (χ0n) is 17.0. The molecule has 1 aliphatic heterocycles. The number of nitrogens with one attached hydrogen (secondary N) is 1. The van der Waals surface area contributed by atoms with Gasteiger partial charge in [0, 0.05) is 13.1 Å². The summed E-state index contributed by atoms with van der Waals surface area (Å²) in [7, 11) is 0. The van der Waals surface area contributed by atoms with Gasteiger partial charge in [0.05, 0.1) is 18.3 Å².